The fraction of sp³-hybridized carbons (Fsp3) is 0.167. The Morgan fingerprint density at radius 1 is 0.606 bits per heavy atom. The van der Waals surface area contributed by atoms with E-state index < -0.39 is 0 Å². The molecule has 0 saturated heterocycles. The number of azo groups is 1. The van der Waals surface area contributed by atoms with E-state index in [0.717, 1.165) is 45.5 Å². The molecule has 2 aromatic heterocycles. The predicted octanol–water partition coefficient (Wildman–Crippen LogP) is 7.06. The van der Waals surface area contributed by atoms with Gasteiger partial charge in [0.05, 0.1) is 27.8 Å². The Hall–Kier alpha value is -3.91. The van der Waals surface area contributed by atoms with Crippen LogP contribution >= 0.6 is 11.6 Å². The van der Waals surface area contributed by atoms with Gasteiger partial charge in [0, 0.05) is 22.8 Å². The van der Waals surface area contributed by atoms with Gasteiger partial charge in [-0.3, -0.25) is 0 Å². The molecule has 0 saturated carbocycles. The van der Waals surface area contributed by atoms with Gasteiger partial charge in [-0.1, -0.05) is 11.6 Å². The lowest BCUT2D eigenvalue weighted by atomic mass is 10.3. The van der Waals surface area contributed by atoms with E-state index in [1.807, 2.05) is 82.3 Å². The summed E-state index contributed by atoms with van der Waals surface area (Å²) in [6, 6.07) is 17.1. The van der Waals surface area contributed by atoms with E-state index in [9.17, 15) is 0 Å². The third-order valence-corrected chi connectivity index (χ3v) is 5.24. The zero-order chi connectivity index (χ0) is 23.4. The van der Waals surface area contributed by atoms with E-state index in [0.29, 0.717) is 16.9 Å². The molecule has 4 rings (SSSR count). The lowest BCUT2D eigenvalue weighted by Crippen LogP contribution is -2.01. The second-order valence-electron chi connectivity index (χ2n) is 7.55. The molecule has 0 aliphatic heterocycles. The molecule has 4 aromatic rings. The van der Waals surface area contributed by atoms with Gasteiger partial charge in [-0.05, 0) is 82.3 Å². The highest BCUT2D eigenvalue weighted by atomic mass is 35.5. The Bertz CT molecular complexity index is 1260. The van der Waals surface area contributed by atoms with E-state index in [2.05, 4.69) is 40.8 Å². The lowest BCUT2D eigenvalue weighted by Gasteiger charge is -2.08. The van der Waals surface area contributed by atoms with Crippen LogP contribution in [0.25, 0.3) is 0 Å². The fourth-order valence-electron chi connectivity index (χ4n) is 3.14. The molecular weight excluding hydrogens is 436 g/mol. The van der Waals surface area contributed by atoms with Crippen LogP contribution < -0.4 is 10.6 Å². The van der Waals surface area contributed by atoms with Gasteiger partial charge in [0.2, 0.25) is 11.9 Å². The van der Waals surface area contributed by atoms with E-state index >= 15 is 0 Å². The molecule has 0 atom stereocenters. The number of halogens is 1. The van der Waals surface area contributed by atoms with Crippen LogP contribution in [0.15, 0.2) is 64.8 Å². The molecule has 0 aliphatic carbocycles. The first-order valence-corrected chi connectivity index (χ1v) is 10.7. The van der Waals surface area contributed by atoms with Crippen molar-refractivity contribution in [2.45, 2.75) is 27.7 Å². The molecule has 0 radical (unpaired) electrons. The molecule has 0 bridgehead atoms. The molecule has 8 nitrogen and oxygen atoms in total. The minimum atomic E-state index is 0.503. The summed E-state index contributed by atoms with van der Waals surface area (Å²) in [5.74, 6) is 1.08. The summed E-state index contributed by atoms with van der Waals surface area (Å²) in [6.45, 7) is 7.59. The molecule has 0 spiro atoms. The Kier molecular flexibility index (Phi) is 6.55. The average Bonchev–Trinajstić information content (AvgIpc) is 2.77. The first-order chi connectivity index (χ1) is 15.9. The first-order valence-electron chi connectivity index (χ1n) is 10.3. The molecule has 9 heteroatoms. The standard InChI is InChI=1S/C24H23ClN8/c1-14-13-15(2)27-23(26-14)30-18-5-9-20(10-6-18)32-33-21-11-7-19(8-12-21)31-24-28-16(3)22(25)17(4)29-24/h5-13H,1-4H3,(H,26,27,30)(H,28,29,31). The van der Waals surface area contributed by atoms with E-state index in [4.69, 9.17) is 11.6 Å². The van der Waals surface area contributed by atoms with Crippen LogP contribution in [-0.2, 0) is 0 Å². The molecule has 0 unspecified atom stereocenters. The predicted molar refractivity (Wildman–Crippen MR) is 132 cm³/mol. The van der Waals surface area contributed by atoms with Gasteiger partial charge in [0.15, 0.2) is 0 Å². The first kappa shape index (κ1) is 22.3. The Morgan fingerprint density at radius 2 is 1.00 bits per heavy atom. The van der Waals surface area contributed by atoms with Gasteiger partial charge >= 0.3 is 0 Å². The summed E-state index contributed by atoms with van der Waals surface area (Å²) in [5, 5.41) is 15.6. The number of benzene rings is 2. The number of aryl methyl sites for hydroxylation is 4. The van der Waals surface area contributed by atoms with Crippen molar-refractivity contribution in [3.8, 4) is 0 Å². The van der Waals surface area contributed by atoms with Crippen LogP contribution in [0, 0.1) is 27.7 Å². The Labute approximate surface area is 197 Å². The molecule has 2 aromatic carbocycles. The molecule has 33 heavy (non-hydrogen) atoms. The normalized spacial score (nSPS) is 11.1. The summed E-state index contributed by atoms with van der Waals surface area (Å²) in [4.78, 5) is 17.5. The largest absolute Gasteiger partial charge is 0.324 e. The SMILES string of the molecule is Cc1cc(C)nc(Nc2ccc(N=Nc3ccc(Nc4nc(C)c(Cl)c(C)n4)cc3)cc2)n1. The quantitative estimate of drug-likeness (QED) is 0.300. The average molecular weight is 459 g/mol. The van der Waals surface area contributed by atoms with Crippen molar-refractivity contribution in [1.29, 1.82) is 0 Å². The number of nitrogens with one attached hydrogen (secondary N) is 2. The second kappa shape index (κ2) is 9.70. The lowest BCUT2D eigenvalue weighted by molar-refractivity contribution is 1.06. The van der Waals surface area contributed by atoms with E-state index in [-0.39, 0.29) is 0 Å². The molecule has 166 valence electrons. The molecule has 2 N–H and O–H groups in total. The van der Waals surface area contributed by atoms with E-state index in [1.165, 1.54) is 0 Å². The number of hydrogen-bond donors (Lipinski definition) is 2. The fourth-order valence-corrected chi connectivity index (χ4v) is 3.22. The van der Waals surface area contributed by atoms with Crippen LogP contribution in [-0.4, -0.2) is 19.9 Å². The van der Waals surface area contributed by atoms with Crippen LogP contribution in [0.4, 0.5) is 34.6 Å². The maximum atomic E-state index is 6.13. The number of hydrogen-bond acceptors (Lipinski definition) is 8. The Balaban J connectivity index is 1.38. The van der Waals surface area contributed by atoms with Crippen molar-refractivity contribution in [1.82, 2.24) is 19.9 Å². The van der Waals surface area contributed by atoms with Crippen molar-refractivity contribution in [3.63, 3.8) is 0 Å². The minimum Gasteiger partial charge on any atom is -0.324 e. The van der Waals surface area contributed by atoms with Gasteiger partial charge in [-0.15, -0.1) is 0 Å². The molecule has 0 amide bonds. The van der Waals surface area contributed by atoms with Crippen LogP contribution in [0.1, 0.15) is 22.8 Å². The van der Waals surface area contributed by atoms with Crippen molar-refractivity contribution in [2.75, 3.05) is 10.6 Å². The van der Waals surface area contributed by atoms with Crippen molar-refractivity contribution in [3.05, 3.63) is 82.4 Å². The monoisotopic (exact) mass is 458 g/mol. The minimum absolute atomic E-state index is 0.503. The van der Waals surface area contributed by atoms with Crippen LogP contribution in [0.2, 0.25) is 5.02 Å². The van der Waals surface area contributed by atoms with Gasteiger partial charge in [0.25, 0.3) is 0 Å². The van der Waals surface area contributed by atoms with E-state index in [1.54, 1.807) is 0 Å². The number of rotatable bonds is 6. The van der Waals surface area contributed by atoms with Crippen molar-refractivity contribution < 1.29 is 0 Å². The van der Waals surface area contributed by atoms with Gasteiger partial charge in [-0.2, -0.15) is 10.2 Å². The molecule has 0 aliphatic rings. The zero-order valence-electron chi connectivity index (χ0n) is 18.8. The van der Waals surface area contributed by atoms with Crippen LogP contribution in [0.5, 0.6) is 0 Å². The summed E-state index contributed by atoms with van der Waals surface area (Å²) in [5.41, 5.74) is 6.51. The third-order valence-electron chi connectivity index (χ3n) is 4.69. The van der Waals surface area contributed by atoms with Gasteiger partial charge in [-0.25, -0.2) is 19.9 Å². The number of nitrogens with zero attached hydrogens (tertiary/aromatic N) is 6. The maximum Gasteiger partial charge on any atom is 0.227 e. The zero-order valence-corrected chi connectivity index (χ0v) is 19.5. The Morgan fingerprint density at radius 3 is 1.42 bits per heavy atom. The molecule has 2 heterocycles. The highest BCUT2D eigenvalue weighted by Crippen LogP contribution is 2.24. The number of anilines is 4. The van der Waals surface area contributed by atoms with Gasteiger partial charge < -0.3 is 10.6 Å². The maximum absolute atomic E-state index is 6.13. The topological polar surface area (TPSA) is 100 Å². The van der Waals surface area contributed by atoms with Crippen molar-refractivity contribution in [2.24, 2.45) is 10.2 Å². The summed E-state index contributed by atoms with van der Waals surface area (Å²) in [6.07, 6.45) is 0. The summed E-state index contributed by atoms with van der Waals surface area (Å²) in [7, 11) is 0. The second-order valence-corrected chi connectivity index (χ2v) is 7.93. The number of aromatic nitrogens is 4. The molecule has 0 fully saturated rings. The van der Waals surface area contributed by atoms with Gasteiger partial charge in [0.1, 0.15) is 0 Å². The summed E-state index contributed by atoms with van der Waals surface area (Å²) >= 11 is 6.13. The van der Waals surface area contributed by atoms with Crippen molar-refractivity contribution >= 4 is 46.2 Å². The molecular formula is C24H23ClN8. The summed E-state index contributed by atoms with van der Waals surface area (Å²) < 4.78 is 0. The highest BCUT2D eigenvalue weighted by molar-refractivity contribution is 6.31. The highest BCUT2D eigenvalue weighted by Gasteiger charge is 2.06. The smallest absolute Gasteiger partial charge is 0.227 e. The van der Waals surface area contributed by atoms with Crippen LogP contribution in [0.3, 0.4) is 0 Å². The third kappa shape index (κ3) is 5.87.